The summed E-state index contributed by atoms with van der Waals surface area (Å²) in [5, 5.41) is 0. The number of allylic oxidation sites excluding steroid dienone is 8. The predicted octanol–water partition coefficient (Wildman–Crippen LogP) is 5.90. The topological polar surface area (TPSA) is 0 Å². The van der Waals surface area contributed by atoms with Crippen molar-refractivity contribution in [1.82, 2.24) is 0 Å². The van der Waals surface area contributed by atoms with Gasteiger partial charge in [0.2, 0.25) is 0 Å². The molecule has 98 valence electrons. The van der Waals surface area contributed by atoms with Crippen molar-refractivity contribution < 1.29 is 0 Å². The second-order valence-corrected chi connectivity index (χ2v) is 4.14. The lowest BCUT2D eigenvalue weighted by Crippen LogP contribution is -1.64. The van der Waals surface area contributed by atoms with Gasteiger partial charge < -0.3 is 0 Å². The molecule has 0 aliphatic heterocycles. The largest absolute Gasteiger partial charge is 0.0929 e. The Morgan fingerprint density at radius 2 is 1.21 bits per heavy atom. The van der Waals surface area contributed by atoms with Crippen molar-refractivity contribution in [1.29, 1.82) is 0 Å². The van der Waals surface area contributed by atoms with E-state index in [1.807, 2.05) is 36.4 Å². The Bertz CT molecular complexity index is 420. The molecule has 0 amide bonds. The fourth-order valence-electron chi connectivity index (χ4n) is 1.42. The number of benzene rings is 1. The van der Waals surface area contributed by atoms with E-state index in [4.69, 9.17) is 11.6 Å². The Hall–Kier alpha value is -1.79. The van der Waals surface area contributed by atoms with Gasteiger partial charge in [0.1, 0.15) is 0 Å². The summed E-state index contributed by atoms with van der Waals surface area (Å²) >= 11 is 5.36. The zero-order chi connectivity index (χ0) is 13.6. The van der Waals surface area contributed by atoms with Gasteiger partial charge in [0, 0.05) is 5.54 Å². The smallest absolute Gasteiger partial charge is 0.00484 e. The minimum atomic E-state index is 1.13. The molecule has 1 aromatic carbocycles. The van der Waals surface area contributed by atoms with Crippen LogP contribution in [0, 0.1) is 0 Å². The van der Waals surface area contributed by atoms with E-state index in [-0.39, 0.29) is 0 Å². The molecular weight excluding hydrogens is 252 g/mol. The van der Waals surface area contributed by atoms with Crippen LogP contribution in [0.4, 0.5) is 0 Å². The molecule has 3 rings (SSSR count). The van der Waals surface area contributed by atoms with Gasteiger partial charge in [-0.25, -0.2) is 0 Å². The molecule has 19 heavy (non-hydrogen) atoms. The standard InChI is InChI=1S/C8H7Cl.2C5H6/c9-7-6-8-4-2-1-3-5-8;2*1-2-4-5-3-1/h1-7H;2*1-4H,5H2. The van der Waals surface area contributed by atoms with E-state index < -0.39 is 0 Å². The van der Waals surface area contributed by atoms with E-state index in [0.29, 0.717) is 0 Å². The second-order valence-electron chi connectivity index (χ2n) is 3.89. The van der Waals surface area contributed by atoms with Crippen molar-refractivity contribution in [3.05, 3.63) is 90.0 Å². The van der Waals surface area contributed by atoms with Gasteiger partial charge in [-0.2, -0.15) is 0 Å². The predicted molar refractivity (Wildman–Crippen MR) is 87.1 cm³/mol. The van der Waals surface area contributed by atoms with E-state index in [0.717, 1.165) is 18.4 Å². The molecular formula is C18H19Cl. The van der Waals surface area contributed by atoms with Crippen LogP contribution in [0.25, 0.3) is 6.08 Å². The van der Waals surface area contributed by atoms with Crippen LogP contribution in [0.2, 0.25) is 0 Å². The summed E-state index contributed by atoms with van der Waals surface area (Å²) in [4.78, 5) is 0. The Labute approximate surface area is 121 Å². The Kier molecular flexibility index (Phi) is 9.09. The summed E-state index contributed by atoms with van der Waals surface area (Å²) in [6, 6.07) is 9.93. The highest BCUT2D eigenvalue weighted by Crippen LogP contribution is 2.00. The minimum absolute atomic E-state index is 1.13. The quantitative estimate of drug-likeness (QED) is 0.596. The lowest BCUT2D eigenvalue weighted by molar-refractivity contribution is 1.45. The van der Waals surface area contributed by atoms with Crippen LogP contribution in [0.15, 0.2) is 84.5 Å². The summed E-state index contributed by atoms with van der Waals surface area (Å²) in [7, 11) is 0. The van der Waals surface area contributed by atoms with Crippen LogP contribution in [0.3, 0.4) is 0 Å². The monoisotopic (exact) mass is 270 g/mol. The highest BCUT2D eigenvalue weighted by molar-refractivity contribution is 6.27. The Morgan fingerprint density at radius 3 is 1.53 bits per heavy atom. The Balaban J connectivity index is 0.000000153. The van der Waals surface area contributed by atoms with E-state index in [1.54, 1.807) is 0 Å². The van der Waals surface area contributed by atoms with Gasteiger partial charge in [0.15, 0.2) is 0 Å². The van der Waals surface area contributed by atoms with Crippen molar-refractivity contribution in [2.24, 2.45) is 0 Å². The molecule has 0 N–H and O–H groups in total. The molecule has 1 heteroatoms. The van der Waals surface area contributed by atoms with Crippen LogP contribution < -0.4 is 0 Å². The number of rotatable bonds is 1. The van der Waals surface area contributed by atoms with Gasteiger partial charge >= 0.3 is 0 Å². The second kappa shape index (κ2) is 11.3. The van der Waals surface area contributed by atoms with Gasteiger partial charge in [-0.1, -0.05) is 90.5 Å². The summed E-state index contributed by atoms with van der Waals surface area (Å²) in [5.41, 5.74) is 2.64. The molecule has 2 aliphatic rings. The zero-order valence-electron chi connectivity index (χ0n) is 11.0. The highest BCUT2D eigenvalue weighted by atomic mass is 35.5. The molecule has 0 unspecified atom stereocenters. The minimum Gasteiger partial charge on any atom is -0.0929 e. The fourth-order valence-corrected chi connectivity index (χ4v) is 1.57. The average molecular weight is 271 g/mol. The maximum absolute atomic E-state index is 5.36. The normalized spacial score (nSPS) is 14.2. The molecule has 0 heterocycles. The molecule has 2 aliphatic carbocycles. The molecule has 0 saturated heterocycles. The molecule has 0 atom stereocenters. The lowest BCUT2D eigenvalue weighted by atomic mass is 10.2. The maximum Gasteiger partial charge on any atom is 0.00484 e. The third-order valence-electron chi connectivity index (χ3n) is 2.37. The third-order valence-corrected chi connectivity index (χ3v) is 2.49. The summed E-state index contributed by atoms with van der Waals surface area (Å²) < 4.78 is 0. The van der Waals surface area contributed by atoms with E-state index in [9.17, 15) is 0 Å². The molecule has 0 fully saturated rings. The van der Waals surface area contributed by atoms with Crippen LogP contribution >= 0.6 is 11.6 Å². The van der Waals surface area contributed by atoms with Crippen molar-refractivity contribution in [2.45, 2.75) is 12.8 Å². The first-order valence-electron chi connectivity index (χ1n) is 6.38. The van der Waals surface area contributed by atoms with Gasteiger partial charge in [-0.3, -0.25) is 0 Å². The van der Waals surface area contributed by atoms with Crippen molar-refractivity contribution in [2.75, 3.05) is 0 Å². The highest BCUT2D eigenvalue weighted by Gasteiger charge is 1.78. The van der Waals surface area contributed by atoms with E-state index in [2.05, 4.69) is 48.6 Å². The number of halogens is 1. The average Bonchev–Trinajstić information content (AvgIpc) is 3.19. The molecule has 0 bridgehead atoms. The third kappa shape index (κ3) is 8.87. The molecule has 0 spiro atoms. The van der Waals surface area contributed by atoms with Crippen LogP contribution in [-0.2, 0) is 0 Å². The van der Waals surface area contributed by atoms with Crippen molar-refractivity contribution in [3.8, 4) is 0 Å². The maximum atomic E-state index is 5.36. The van der Waals surface area contributed by atoms with Crippen LogP contribution in [-0.4, -0.2) is 0 Å². The molecule has 0 radical (unpaired) electrons. The van der Waals surface area contributed by atoms with Gasteiger partial charge in [-0.05, 0) is 24.5 Å². The first-order chi connectivity index (χ1) is 9.43. The summed E-state index contributed by atoms with van der Waals surface area (Å²) in [6.07, 6.45) is 20.8. The van der Waals surface area contributed by atoms with Gasteiger partial charge in [-0.15, -0.1) is 0 Å². The molecule has 0 saturated carbocycles. The lowest BCUT2D eigenvalue weighted by Gasteiger charge is -1.86. The zero-order valence-corrected chi connectivity index (χ0v) is 11.7. The molecule has 0 nitrogen and oxygen atoms in total. The summed E-state index contributed by atoms with van der Waals surface area (Å²) in [5.74, 6) is 0. The van der Waals surface area contributed by atoms with E-state index >= 15 is 0 Å². The van der Waals surface area contributed by atoms with Gasteiger partial charge in [0.05, 0.1) is 0 Å². The first-order valence-corrected chi connectivity index (χ1v) is 6.82. The van der Waals surface area contributed by atoms with Crippen LogP contribution in [0.1, 0.15) is 18.4 Å². The SMILES string of the molecule is C1=CCC=C1.C1=CCC=C1.ClC=Cc1ccccc1. The molecule has 1 aromatic rings. The number of hydrogen-bond donors (Lipinski definition) is 0. The molecule has 0 aromatic heterocycles. The fraction of sp³-hybridized carbons (Fsp3) is 0.111. The summed E-state index contributed by atoms with van der Waals surface area (Å²) in [6.45, 7) is 0. The van der Waals surface area contributed by atoms with Crippen molar-refractivity contribution >= 4 is 17.7 Å². The Morgan fingerprint density at radius 1 is 0.737 bits per heavy atom. The first kappa shape index (κ1) is 15.3. The van der Waals surface area contributed by atoms with Crippen molar-refractivity contribution in [3.63, 3.8) is 0 Å². The van der Waals surface area contributed by atoms with Gasteiger partial charge in [0.25, 0.3) is 0 Å². The van der Waals surface area contributed by atoms with E-state index in [1.165, 1.54) is 5.54 Å². The number of hydrogen-bond acceptors (Lipinski definition) is 0. The van der Waals surface area contributed by atoms with Crippen LogP contribution in [0.5, 0.6) is 0 Å².